The second kappa shape index (κ2) is 4.07. The van der Waals surface area contributed by atoms with Gasteiger partial charge in [-0.25, -0.2) is 9.00 Å². The van der Waals surface area contributed by atoms with Crippen LogP contribution in [0.3, 0.4) is 0 Å². The molecule has 1 unspecified atom stereocenters. The molecule has 0 bridgehead atoms. The number of hydrazone groups is 1. The standard InChI is InChI=1S/C2H3N3O3S2/c3-2(6)5(4-1-9)10(7)8/h(H2,3,6)(H,7,8)/p-1. The van der Waals surface area contributed by atoms with Crippen molar-refractivity contribution in [2.75, 3.05) is 0 Å². The van der Waals surface area contributed by atoms with Gasteiger partial charge in [0.25, 0.3) is 0 Å². The zero-order valence-electron chi connectivity index (χ0n) is 4.51. The van der Waals surface area contributed by atoms with E-state index in [0.717, 1.165) is 0 Å². The lowest BCUT2D eigenvalue weighted by molar-refractivity contribution is 0.232. The molecule has 0 aliphatic heterocycles. The highest BCUT2D eigenvalue weighted by atomic mass is 32.2. The van der Waals surface area contributed by atoms with Crippen LogP contribution in [0.1, 0.15) is 0 Å². The number of thiocarbonyl (C=S) groups is 1. The first kappa shape index (κ1) is 9.18. The molecule has 10 heavy (non-hydrogen) atoms. The van der Waals surface area contributed by atoms with Gasteiger partial charge in [0, 0.05) is 0 Å². The lowest BCUT2D eigenvalue weighted by atomic mass is 11.1. The van der Waals surface area contributed by atoms with Gasteiger partial charge in [-0.05, 0) is 12.2 Å². The van der Waals surface area contributed by atoms with E-state index in [0.29, 0.717) is 0 Å². The molecule has 8 heteroatoms. The average molecular weight is 180 g/mol. The molecule has 2 amide bonds. The largest absolute Gasteiger partial charge is 0.754 e. The van der Waals surface area contributed by atoms with Gasteiger partial charge in [-0.1, -0.05) is 5.10 Å². The number of hydrogen-bond acceptors (Lipinski definition) is 5. The normalized spacial score (nSPS) is 11.3. The number of primary amides is 1. The maximum atomic E-state index is 10.1. The molecule has 0 fully saturated rings. The maximum Gasteiger partial charge on any atom is 0.347 e. The summed E-state index contributed by atoms with van der Waals surface area (Å²) in [5.74, 6) is 0. The minimum atomic E-state index is -2.82. The van der Waals surface area contributed by atoms with E-state index in [1.165, 1.54) is 0 Å². The first-order chi connectivity index (χ1) is 4.59. The van der Waals surface area contributed by atoms with Crippen LogP contribution in [0.15, 0.2) is 5.10 Å². The van der Waals surface area contributed by atoms with Crippen LogP contribution in [0, 0.1) is 0 Å². The lowest BCUT2D eigenvalue weighted by Gasteiger charge is -2.13. The minimum Gasteiger partial charge on any atom is -0.754 e. The summed E-state index contributed by atoms with van der Waals surface area (Å²) in [6, 6.07) is -1.23. The molecule has 0 aromatic rings. The van der Waals surface area contributed by atoms with Gasteiger partial charge in [0.05, 0.1) is 16.4 Å². The Hall–Kier alpha value is -0.820. The molecule has 0 saturated carbocycles. The molecule has 1 atom stereocenters. The van der Waals surface area contributed by atoms with E-state index < -0.39 is 17.3 Å². The number of amides is 2. The maximum absolute atomic E-state index is 10.1. The molecule has 0 rings (SSSR count). The Morgan fingerprint density at radius 2 is 2.40 bits per heavy atom. The second-order valence-corrected chi connectivity index (χ2v) is 1.98. The highest BCUT2D eigenvalue weighted by Crippen LogP contribution is 1.89. The lowest BCUT2D eigenvalue weighted by Crippen LogP contribution is -2.32. The Bertz CT molecular complexity index is 193. The Labute approximate surface area is 64.1 Å². The molecule has 0 aromatic carbocycles. The first-order valence-electron chi connectivity index (χ1n) is 1.86. The van der Waals surface area contributed by atoms with Crippen molar-refractivity contribution < 1.29 is 13.6 Å². The predicted molar refractivity (Wildman–Crippen MR) is 35.4 cm³/mol. The highest BCUT2D eigenvalue weighted by molar-refractivity contribution is 7.78. The topological polar surface area (TPSA) is 98.8 Å². The zero-order chi connectivity index (χ0) is 8.15. The summed E-state index contributed by atoms with van der Waals surface area (Å²) in [4.78, 5) is 10.1. The van der Waals surface area contributed by atoms with Crippen molar-refractivity contribution in [1.82, 2.24) is 4.41 Å². The van der Waals surface area contributed by atoms with Gasteiger partial charge in [0.15, 0.2) is 0 Å². The van der Waals surface area contributed by atoms with Gasteiger partial charge >= 0.3 is 6.03 Å². The Balaban J connectivity index is 4.41. The Kier molecular flexibility index (Phi) is 3.74. The average Bonchev–Trinajstić information content (AvgIpc) is 1.81. The van der Waals surface area contributed by atoms with Gasteiger partial charge in [-0.3, -0.25) is 0 Å². The van der Waals surface area contributed by atoms with Gasteiger partial charge in [0.1, 0.15) is 0 Å². The van der Waals surface area contributed by atoms with Crippen LogP contribution in [0.4, 0.5) is 4.79 Å². The van der Waals surface area contributed by atoms with E-state index >= 15 is 0 Å². The molecule has 0 spiro atoms. The quantitative estimate of drug-likeness (QED) is 0.260. The molecular weight excluding hydrogens is 178 g/mol. The number of hydrogen-bond donors (Lipinski definition) is 1. The van der Waals surface area contributed by atoms with Crippen molar-refractivity contribution in [3.63, 3.8) is 0 Å². The van der Waals surface area contributed by atoms with Crippen LogP contribution in [-0.2, 0) is 11.3 Å². The van der Waals surface area contributed by atoms with Crippen LogP contribution in [0.5, 0.6) is 0 Å². The Morgan fingerprint density at radius 1 is 1.90 bits per heavy atom. The SMILES string of the molecule is NC(=O)N(N=C=S)S(=O)[O-]. The fraction of sp³-hybridized carbons (Fsp3) is 0. The second-order valence-electron chi connectivity index (χ2n) is 1.02. The van der Waals surface area contributed by atoms with Crippen molar-refractivity contribution in [2.45, 2.75) is 0 Å². The number of urea groups is 1. The van der Waals surface area contributed by atoms with Crippen LogP contribution in [0.2, 0.25) is 0 Å². The molecule has 56 valence electrons. The third-order valence-corrected chi connectivity index (χ3v) is 1.09. The van der Waals surface area contributed by atoms with Crippen LogP contribution >= 0.6 is 12.2 Å². The van der Waals surface area contributed by atoms with Crippen molar-refractivity contribution in [3.05, 3.63) is 0 Å². The summed E-state index contributed by atoms with van der Waals surface area (Å²) in [5, 5.41) is 4.50. The number of isothiocyanates is 1. The van der Waals surface area contributed by atoms with E-state index in [4.69, 9.17) is 0 Å². The summed E-state index contributed by atoms with van der Waals surface area (Å²) in [6.45, 7) is 0. The summed E-state index contributed by atoms with van der Waals surface area (Å²) in [5.41, 5.74) is 4.54. The van der Waals surface area contributed by atoms with Crippen LogP contribution < -0.4 is 5.73 Å². The number of carbonyl (C=O) groups is 1. The molecule has 0 heterocycles. The fourth-order valence-electron chi connectivity index (χ4n) is 0.193. The monoisotopic (exact) mass is 180 g/mol. The van der Waals surface area contributed by atoms with E-state index in [1.54, 1.807) is 5.16 Å². The van der Waals surface area contributed by atoms with E-state index in [9.17, 15) is 13.6 Å². The molecule has 6 nitrogen and oxygen atoms in total. The molecule has 0 aliphatic rings. The summed E-state index contributed by atoms with van der Waals surface area (Å²) in [6.07, 6.45) is 0. The number of carbonyl (C=O) groups excluding carboxylic acids is 1. The zero-order valence-corrected chi connectivity index (χ0v) is 6.15. The van der Waals surface area contributed by atoms with Crippen LogP contribution in [0.25, 0.3) is 0 Å². The predicted octanol–water partition coefficient (Wildman–Crippen LogP) is -0.821. The van der Waals surface area contributed by atoms with Gasteiger partial charge in [-0.15, -0.1) is 4.41 Å². The highest BCUT2D eigenvalue weighted by Gasteiger charge is 2.06. The van der Waals surface area contributed by atoms with Crippen molar-refractivity contribution >= 4 is 34.7 Å². The number of rotatable bonds is 2. The summed E-state index contributed by atoms with van der Waals surface area (Å²) >= 11 is 1.21. The van der Waals surface area contributed by atoms with E-state index in [-0.39, 0.29) is 4.41 Å². The summed E-state index contributed by atoms with van der Waals surface area (Å²) in [7, 11) is 0. The van der Waals surface area contributed by atoms with E-state index in [2.05, 4.69) is 23.1 Å². The minimum absolute atomic E-state index is 0.0208. The molecule has 0 saturated heterocycles. The molecule has 0 aliphatic carbocycles. The molecule has 0 aromatic heterocycles. The number of nitrogens with two attached hydrogens (primary N) is 1. The molecule has 2 N–H and O–H groups in total. The van der Waals surface area contributed by atoms with Gasteiger partial charge in [0.2, 0.25) is 0 Å². The third kappa shape index (κ3) is 2.65. The van der Waals surface area contributed by atoms with Gasteiger partial charge < -0.3 is 10.3 Å². The van der Waals surface area contributed by atoms with Crippen molar-refractivity contribution in [3.8, 4) is 0 Å². The first-order valence-corrected chi connectivity index (χ1v) is 3.30. The smallest absolute Gasteiger partial charge is 0.347 e. The molecular formula is C2H2N3O3S2-. The van der Waals surface area contributed by atoms with E-state index in [1.807, 2.05) is 0 Å². The Morgan fingerprint density at radius 3 is 2.50 bits per heavy atom. The van der Waals surface area contributed by atoms with Gasteiger partial charge in [-0.2, -0.15) is 0 Å². The van der Waals surface area contributed by atoms with Crippen molar-refractivity contribution in [1.29, 1.82) is 0 Å². The molecule has 0 radical (unpaired) electrons. The fourth-order valence-corrected chi connectivity index (χ4v) is 0.581. The van der Waals surface area contributed by atoms with Crippen LogP contribution in [-0.4, -0.2) is 24.4 Å². The summed E-state index contributed by atoms with van der Waals surface area (Å²) < 4.78 is 19.9. The third-order valence-electron chi connectivity index (χ3n) is 0.461. The number of nitrogens with zero attached hydrogens (tertiary/aromatic N) is 2. The van der Waals surface area contributed by atoms with Crippen molar-refractivity contribution in [2.24, 2.45) is 10.8 Å².